The minimum atomic E-state index is -2.61. The first-order valence-corrected chi connectivity index (χ1v) is 3.92. The van der Waals surface area contributed by atoms with E-state index in [-0.39, 0.29) is 12.0 Å². The predicted octanol–water partition coefficient (Wildman–Crippen LogP) is 3.31. The van der Waals surface area contributed by atoms with Gasteiger partial charge in [-0.25, -0.2) is 8.78 Å². The molecule has 0 aliphatic heterocycles. The molecule has 0 bridgehead atoms. The lowest BCUT2D eigenvalue weighted by Crippen LogP contribution is -2.17. The summed E-state index contributed by atoms with van der Waals surface area (Å²) >= 11 is 0. The third-order valence-corrected chi connectivity index (χ3v) is 1.86. The van der Waals surface area contributed by atoms with Gasteiger partial charge >= 0.3 is 0 Å². The molecule has 0 N–H and O–H groups in total. The van der Waals surface area contributed by atoms with E-state index in [1.54, 1.807) is 12.2 Å². The van der Waals surface area contributed by atoms with Crippen LogP contribution in [0.15, 0.2) is 23.8 Å². The van der Waals surface area contributed by atoms with Crippen molar-refractivity contribution >= 4 is 0 Å². The fourth-order valence-electron chi connectivity index (χ4n) is 1.09. The standard InChI is InChI=1S/C9H12F2/c1-2-9(10,11)8-6-4-3-5-7-8/h4,6-7H,2-3,5H2,1H3. The van der Waals surface area contributed by atoms with Crippen molar-refractivity contribution in [2.24, 2.45) is 0 Å². The van der Waals surface area contributed by atoms with Crippen molar-refractivity contribution in [1.82, 2.24) is 0 Å². The van der Waals surface area contributed by atoms with Gasteiger partial charge in [-0.05, 0) is 12.8 Å². The van der Waals surface area contributed by atoms with Gasteiger partial charge in [-0.15, -0.1) is 0 Å². The van der Waals surface area contributed by atoms with E-state index in [1.807, 2.05) is 0 Å². The van der Waals surface area contributed by atoms with E-state index in [0.29, 0.717) is 0 Å². The average molecular weight is 158 g/mol. The first-order valence-electron chi connectivity index (χ1n) is 3.92. The molecule has 11 heavy (non-hydrogen) atoms. The normalized spacial score (nSPS) is 18.3. The van der Waals surface area contributed by atoms with Gasteiger partial charge in [0.2, 0.25) is 0 Å². The maximum absolute atomic E-state index is 12.9. The molecular formula is C9H12F2. The summed E-state index contributed by atoms with van der Waals surface area (Å²) in [6.45, 7) is 1.50. The molecule has 0 saturated carbocycles. The van der Waals surface area contributed by atoms with Crippen LogP contribution in [-0.4, -0.2) is 5.92 Å². The number of hydrogen-bond acceptors (Lipinski definition) is 0. The van der Waals surface area contributed by atoms with Crippen molar-refractivity contribution in [3.63, 3.8) is 0 Å². The highest BCUT2D eigenvalue weighted by Crippen LogP contribution is 2.30. The Kier molecular flexibility index (Phi) is 2.42. The van der Waals surface area contributed by atoms with Crippen LogP contribution in [0.5, 0.6) is 0 Å². The molecule has 1 aliphatic carbocycles. The molecular weight excluding hydrogens is 146 g/mol. The largest absolute Gasteiger partial charge is 0.272 e. The molecule has 0 unspecified atom stereocenters. The van der Waals surface area contributed by atoms with Gasteiger partial charge in [-0.1, -0.05) is 25.2 Å². The van der Waals surface area contributed by atoms with Gasteiger partial charge in [0.15, 0.2) is 0 Å². The SMILES string of the molecule is CCC(F)(F)C1=CCCC=C1. The maximum Gasteiger partial charge on any atom is 0.272 e. The molecule has 0 radical (unpaired) electrons. The van der Waals surface area contributed by atoms with E-state index in [4.69, 9.17) is 0 Å². The lowest BCUT2D eigenvalue weighted by molar-refractivity contribution is 0.0409. The summed E-state index contributed by atoms with van der Waals surface area (Å²) in [5.41, 5.74) is 0.186. The summed E-state index contributed by atoms with van der Waals surface area (Å²) in [5, 5.41) is 0. The van der Waals surface area contributed by atoms with Gasteiger partial charge in [0, 0.05) is 12.0 Å². The molecule has 0 fully saturated rings. The van der Waals surface area contributed by atoms with E-state index >= 15 is 0 Å². The van der Waals surface area contributed by atoms with E-state index in [2.05, 4.69) is 0 Å². The molecule has 1 rings (SSSR count). The first kappa shape index (κ1) is 8.44. The molecule has 0 amide bonds. The Morgan fingerprint density at radius 1 is 1.45 bits per heavy atom. The van der Waals surface area contributed by atoms with Gasteiger partial charge in [0.1, 0.15) is 0 Å². The van der Waals surface area contributed by atoms with E-state index in [0.717, 1.165) is 12.8 Å². The number of halogens is 2. The molecule has 0 heterocycles. The molecule has 0 aromatic heterocycles. The predicted molar refractivity (Wildman–Crippen MR) is 41.7 cm³/mol. The molecule has 1 aliphatic rings. The highest BCUT2D eigenvalue weighted by molar-refractivity contribution is 5.28. The van der Waals surface area contributed by atoms with Crippen molar-refractivity contribution in [2.75, 3.05) is 0 Å². The summed E-state index contributed by atoms with van der Waals surface area (Å²) in [7, 11) is 0. The lowest BCUT2D eigenvalue weighted by atomic mass is 10.00. The number of rotatable bonds is 2. The van der Waals surface area contributed by atoms with Crippen LogP contribution in [0.4, 0.5) is 8.78 Å². The number of hydrogen-bond donors (Lipinski definition) is 0. The van der Waals surface area contributed by atoms with E-state index < -0.39 is 5.92 Å². The highest BCUT2D eigenvalue weighted by Gasteiger charge is 2.29. The van der Waals surface area contributed by atoms with Gasteiger partial charge in [-0.3, -0.25) is 0 Å². The smallest absolute Gasteiger partial charge is 0.201 e. The zero-order chi connectivity index (χ0) is 8.32. The van der Waals surface area contributed by atoms with Gasteiger partial charge < -0.3 is 0 Å². The topological polar surface area (TPSA) is 0 Å². The first-order chi connectivity index (χ1) is 5.17. The summed E-state index contributed by atoms with van der Waals surface area (Å²) in [4.78, 5) is 0. The number of allylic oxidation sites excluding steroid dienone is 4. The Morgan fingerprint density at radius 2 is 2.18 bits per heavy atom. The Morgan fingerprint density at radius 3 is 2.64 bits per heavy atom. The van der Waals surface area contributed by atoms with E-state index in [9.17, 15) is 8.78 Å². The third kappa shape index (κ3) is 1.88. The van der Waals surface area contributed by atoms with Crippen LogP contribution in [0.1, 0.15) is 26.2 Å². The summed E-state index contributed by atoms with van der Waals surface area (Å²) < 4.78 is 25.8. The second kappa shape index (κ2) is 3.16. The summed E-state index contributed by atoms with van der Waals surface area (Å²) in [6.07, 6.45) is 6.50. The molecule has 0 aromatic rings. The van der Waals surface area contributed by atoms with Crippen LogP contribution < -0.4 is 0 Å². The molecule has 0 saturated heterocycles. The zero-order valence-electron chi connectivity index (χ0n) is 6.61. The van der Waals surface area contributed by atoms with Crippen molar-refractivity contribution in [2.45, 2.75) is 32.1 Å². The van der Waals surface area contributed by atoms with Crippen molar-refractivity contribution in [3.8, 4) is 0 Å². The molecule has 0 atom stereocenters. The van der Waals surface area contributed by atoms with Gasteiger partial charge in [-0.2, -0.15) is 0 Å². The van der Waals surface area contributed by atoms with Crippen LogP contribution in [0.2, 0.25) is 0 Å². The third-order valence-electron chi connectivity index (χ3n) is 1.86. The molecule has 62 valence electrons. The molecule has 0 aromatic carbocycles. The Bertz CT molecular complexity index is 190. The average Bonchev–Trinajstić information content (AvgIpc) is 2.06. The van der Waals surface area contributed by atoms with Crippen LogP contribution in [0.25, 0.3) is 0 Å². The van der Waals surface area contributed by atoms with Crippen LogP contribution in [-0.2, 0) is 0 Å². The summed E-state index contributed by atoms with van der Waals surface area (Å²) in [6, 6.07) is 0. The van der Waals surface area contributed by atoms with Crippen LogP contribution in [0, 0.1) is 0 Å². The minimum absolute atomic E-state index is 0.108. The van der Waals surface area contributed by atoms with E-state index in [1.165, 1.54) is 13.0 Å². The zero-order valence-corrected chi connectivity index (χ0v) is 6.61. The second-order valence-electron chi connectivity index (χ2n) is 2.70. The Labute approximate surface area is 65.6 Å². The molecule has 2 heteroatoms. The van der Waals surface area contributed by atoms with Crippen LogP contribution in [0.3, 0.4) is 0 Å². The number of alkyl halides is 2. The molecule has 0 nitrogen and oxygen atoms in total. The van der Waals surface area contributed by atoms with Crippen molar-refractivity contribution in [3.05, 3.63) is 23.8 Å². The van der Waals surface area contributed by atoms with Gasteiger partial charge in [0.25, 0.3) is 5.92 Å². The highest BCUT2D eigenvalue weighted by atomic mass is 19.3. The molecule has 0 spiro atoms. The van der Waals surface area contributed by atoms with Gasteiger partial charge in [0.05, 0.1) is 0 Å². The quantitative estimate of drug-likeness (QED) is 0.578. The van der Waals surface area contributed by atoms with Crippen LogP contribution >= 0.6 is 0 Å². The Balaban J connectivity index is 2.73. The monoisotopic (exact) mass is 158 g/mol. The minimum Gasteiger partial charge on any atom is -0.201 e. The second-order valence-corrected chi connectivity index (χ2v) is 2.70. The Hall–Kier alpha value is -0.660. The lowest BCUT2D eigenvalue weighted by Gasteiger charge is -2.17. The van der Waals surface area contributed by atoms with Crippen molar-refractivity contribution in [1.29, 1.82) is 0 Å². The maximum atomic E-state index is 12.9. The van der Waals surface area contributed by atoms with Crippen molar-refractivity contribution < 1.29 is 8.78 Å². The summed E-state index contributed by atoms with van der Waals surface area (Å²) in [5.74, 6) is -2.61. The fourth-order valence-corrected chi connectivity index (χ4v) is 1.09. The fraction of sp³-hybridized carbons (Fsp3) is 0.556.